The molecule has 2 atom stereocenters. The van der Waals surface area contributed by atoms with Gasteiger partial charge >= 0.3 is 0 Å². The van der Waals surface area contributed by atoms with Gasteiger partial charge in [-0.05, 0) is 19.1 Å². The molecule has 2 heterocycles. The molecule has 2 aliphatic heterocycles. The molecular formula is C16H14O2. The van der Waals surface area contributed by atoms with Crippen LogP contribution in [-0.4, -0.2) is 6.61 Å². The van der Waals surface area contributed by atoms with E-state index >= 15 is 0 Å². The van der Waals surface area contributed by atoms with Crippen LogP contribution in [0.25, 0.3) is 0 Å². The zero-order valence-electron chi connectivity index (χ0n) is 10.2. The molecule has 0 unspecified atom stereocenters. The molecule has 0 bridgehead atoms. The largest absolute Gasteiger partial charge is 0.492 e. The molecule has 2 aromatic rings. The van der Waals surface area contributed by atoms with Crippen LogP contribution in [0.3, 0.4) is 0 Å². The fourth-order valence-electron chi connectivity index (χ4n) is 3.12. The van der Waals surface area contributed by atoms with Crippen LogP contribution in [0.5, 0.6) is 11.5 Å². The summed E-state index contributed by atoms with van der Waals surface area (Å²) in [4.78, 5) is 0. The first kappa shape index (κ1) is 10.0. The van der Waals surface area contributed by atoms with E-state index in [0.29, 0.717) is 6.61 Å². The second-order valence-electron chi connectivity index (χ2n) is 5.11. The van der Waals surface area contributed by atoms with Crippen LogP contribution in [-0.2, 0) is 5.60 Å². The molecular weight excluding hydrogens is 224 g/mol. The SMILES string of the molecule is C[C@@]12Oc3ccccc3[C@H]1COc1ccccc12. The second kappa shape index (κ2) is 3.29. The van der Waals surface area contributed by atoms with E-state index in [0.717, 1.165) is 17.1 Å². The zero-order valence-corrected chi connectivity index (χ0v) is 10.2. The van der Waals surface area contributed by atoms with Gasteiger partial charge in [0, 0.05) is 11.1 Å². The van der Waals surface area contributed by atoms with Crippen molar-refractivity contribution in [2.75, 3.05) is 6.61 Å². The van der Waals surface area contributed by atoms with Crippen molar-refractivity contribution in [1.82, 2.24) is 0 Å². The van der Waals surface area contributed by atoms with E-state index in [2.05, 4.69) is 25.1 Å². The summed E-state index contributed by atoms with van der Waals surface area (Å²) < 4.78 is 12.1. The highest BCUT2D eigenvalue weighted by molar-refractivity contribution is 5.51. The second-order valence-corrected chi connectivity index (χ2v) is 5.11. The first-order chi connectivity index (χ1) is 8.79. The molecule has 0 spiro atoms. The Balaban J connectivity index is 1.93. The number of benzene rings is 2. The van der Waals surface area contributed by atoms with E-state index in [1.54, 1.807) is 0 Å². The Hall–Kier alpha value is -1.96. The van der Waals surface area contributed by atoms with Crippen LogP contribution < -0.4 is 9.47 Å². The van der Waals surface area contributed by atoms with Gasteiger partial charge in [0.05, 0.1) is 12.5 Å². The van der Waals surface area contributed by atoms with E-state index in [-0.39, 0.29) is 11.5 Å². The lowest BCUT2D eigenvalue weighted by molar-refractivity contribution is 0.0435. The minimum Gasteiger partial charge on any atom is -0.492 e. The molecule has 0 aromatic heterocycles. The molecule has 0 saturated heterocycles. The van der Waals surface area contributed by atoms with E-state index in [9.17, 15) is 0 Å². The van der Waals surface area contributed by atoms with Gasteiger partial charge in [-0.1, -0.05) is 36.4 Å². The standard InChI is InChI=1S/C16H14O2/c1-16-12-7-3-5-9-15(12)17-10-13(16)11-6-2-4-8-14(11)18-16/h2-9,13H,10H2,1H3/t13-,16+/m1/s1. The third-order valence-corrected chi connectivity index (χ3v) is 4.11. The summed E-state index contributed by atoms with van der Waals surface area (Å²) in [6.45, 7) is 2.85. The number of para-hydroxylation sites is 2. The van der Waals surface area contributed by atoms with Crippen molar-refractivity contribution < 1.29 is 9.47 Å². The van der Waals surface area contributed by atoms with Gasteiger partial charge in [0.15, 0.2) is 0 Å². The number of ether oxygens (including phenoxy) is 2. The molecule has 90 valence electrons. The number of hydrogen-bond acceptors (Lipinski definition) is 2. The summed E-state index contributed by atoms with van der Waals surface area (Å²) in [6, 6.07) is 16.4. The molecule has 2 nitrogen and oxygen atoms in total. The maximum Gasteiger partial charge on any atom is 0.145 e. The predicted octanol–water partition coefficient (Wildman–Crippen LogP) is 3.47. The summed E-state index contributed by atoms with van der Waals surface area (Å²) >= 11 is 0. The number of rotatable bonds is 0. The van der Waals surface area contributed by atoms with Crippen LogP contribution in [0, 0.1) is 0 Å². The molecule has 0 fully saturated rings. The molecule has 2 aliphatic rings. The molecule has 0 aliphatic carbocycles. The van der Waals surface area contributed by atoms with Gasteiger partial charge in [0.2, 0.25) is 0 Å². The van der Waals surface area contributed by atoms with Gasteiger partial charge in [-0.25, -0.2) is 0 Å². The maximum atomic E-state index is 6.24. The highest BCUT2D eigenvalue weighted by Crippen LogP contribution is 2.54. The Bertz CT molecular complexity index is 620. The third kappa shape index (κ3) is 1.13. The Morgan fingerprint density at radius 3 is 2.61 bits per heavy atom. The van der Waals surface area contributed by atoms with Crippen molar-refractivity contribution in [1.29, 1.82) is 0 Å². The molecule has 4 rings (SSSR count). The fraction of sp³-hybridized carbons (Fsp3) is 0.250. The molecule has 2 heteroatoms. The summed E-state index contributed by atoms with van der Waals surface area (Å²) in [6.07, 6.45) is 0. The quantitative estimate of drug-likeness (QED) is 0.699. The van der Waals surface area contributed by atoms with E-state index in [4.69, 9.17) is 9.47 Å². The summed E-state index contributed by atoms with van der Waals surface area (Å²) in [5.74, 6) is 2.22. The maximum absolute atomic E-state index is 6.24. The number of fused-ring (bicyclic) bond motifs is 5. The van der Waals surface area contributed by atoms with Crippen molar-refractivity contribution in [3.05, 3.63) is 59.7 Å². The van der Waals surface area contributed by atoms with Gasteiger partial charge < -0.3 is 9.47 Å². The zero-order chi connectivity index (χ0) is 12.2. The van der Waals surface area contributed by atoms with Gasteiger partial charge in [-0.3, -0.25) is 0 Å². The first-order valence-electron chi connectivity index (χ1n) is 6.29. The van der Waals surface area contributed by atoms with Crippen LogP contribution in [0.4, 0.5) is 0 Å². The lowest BCUT2D eigenvalue weighted by atomic mass is 9.79. The van der Waals surface area contributed by atoms with E-state index in [1.807, 2.05) is 30.3 Å². The Morgan fingerprint density at radius 1 is 1.00 bits per heavy atom. The topological polar surface area (TPSA) is 18.5 Å². The van der Waals surface area contributed by atoms with Crippen LogP contribution >= 0.6 is 0 Å². The van der Waals surface area contributed by atoms with Crippen LogP contribution in [0.2, 0.25) is 0 Å². The van der Waals surface area contributed by atoms with Crippen molar-refractivity contribution in [3.63, 3.8) is 0 Å². The van der Waals surface area contributed by atoms with Crippen molar-refractivity contribution in [2.45, 2.75) is 18.4 Å². The third-order valence-electron chi connectivity index (χ3n) is 4.11. The molecule has 18 heavy (non-hydrogen) atoms. The van der Waals surface area contributed by atoms with Gasteiger partial charge in [-0.15, -0.1) is 0 Å². The summed E-state index contributed by atoms with van der Waals surface area (Å²) in [5.41, 5.74) is 2.12. The van der Waals surface area contributed by atoms with Crippen LogP contribution in [0.15, 0.2) is 48.5 Å². The average molecular weight is 238 g/mol. The predicted molar refractivity (Wildman–Crippen MR) is 69.1 cm³/mol. The molecule has 0 radical (unpaired) electrons. The van der Waals surface area contributed by atoms with E-state index < -0.39 is 0 Å². The number of hydrogen-bond donors (Lipinski definition) is 0. The van der Waals surface area contributed by atoms with Crippen molar-refractivity contribution >= 4 is 0 Å². The Kier molecular flexibility index (Phi) is 1.83. The Morgan fingerprint density at radius 2 is 1.72 bits per heavy atom. The molecule has 2 aromatic carbocycles. The van der Waals surface area contributed by atoms with E-state index in [1.165, 1.54) is 5.56 Å². The fourth-order valence-corrected chi connectivity index (χ4v) is 3.12. The normalized spacial score (nSPS) is 27.5. The van der Waals surface area contributed by atoms with Gasteiger partial charge in [0.25, 0.3) is 0 Å². The molecule has 0 N–H and O–H groups in total. The van der Waals surface area contributed by atoms with Gasteiger partial charge in [0.1, 0.15) is 17.1 Å². The summed E-state index contributed by atoms with van der Waals surface area (Å²) in [5, 5.41) is 0. The molecule has 0 amide bonds. The monoisotopic (exact) mass is 238 g/mol. The average Bonchev–Trinajstić information content (AvgIpc) is 2.71. The van der Waals surface area contributed by atoms with Crippen molar-refractivity contribution in [2.24, 2.45) is 0 Å². The minimum absolute atomic E-state index is 0.281. The smallest absolute Gasteiger partial charge is 0.145 e. The summed E-state index contributed by atoms with van der Waals surface area (Å²) in [7, 11) is 0. The lowest BCUT2D eigenvalue weighted by Gasteiger charge is -2.36. The highest BCUT2D eigenvalue weighted by Gasteiger charge is 2.50. The highest BCUT2D eigenvalue weighted by atomic mass is 16.5. The minimum atomic E-state index is -0.293. The van der Waals surface area contributed by atoms with Gasteiger partial charge in [-0.2, -0.15) is 0 Å². The first-order valence-corrected chi connectivity index (χ1v) is 6.29. The lowest BCUT2D eigenvalue weighted by Crippen LogP contribution is -2.38. The van der Waals surface area contributed by atoms with Crippen molar-refractivity contribution in [3.8, 4) is 11.5 Å². The Labute approximate surface area is 106 Å². The molecule has 0 saturated carbocycles. The van der Waals surface area contributed by atoms with Crippen LogP contribution in [0.1, 0.15) is 24.0 Å².